The van der Waals surface area contributed by atoms with Gasteiger partial charge in [0.25, 0.3) is 0 Å². The summed E-state index contributed by atoms with van der Waals surface area (Å²) in [5, 5.41) is 0.648. The summed E-state index contributed by atoms with van der Waals surface area (Å²) < 4.78 is 5.33. The fourth-order valence-corrected chi connectivity index (χ4v) is 3.72. The molecule has 1 aromatic rings. The number of ether oxygens (including phenoxy) is 1. The molecule has 1 aliphatic rings. The second-order valence-electron chi connectivity index (χ2n) is 6.60. The van der Waals surface area contributed by atoms with Crippen molar-refractivity contribution in [3.8, 4) is 5.75 Å². The largest absolute Gasteiger partial charge is 0.495 e. The van der Waals surface area contributed by atoms with Crippen LogP contribution in [0.5, 0.6) is 5.75 Å². The Morgan fingerprint density at radius 3 is 2.85 bits per heavy atom. The third-order valence-electron chi connectivity index (χ3n) is 4.42. The van der Waals surface area contributed by atoms with Gasteiger partial charge in [0.2, 0.25) is 0 Å². The number of methoxy groups -OCH3 is 1. The molecule has 0 radical (unpaired) electrons. The Labute approximate surface area is 127 Å². The Balaban J connectivity index is 2.21. The molecule has 2 unspecified atom stereocenters. The Bertz CT molecular complexity index is 460. The summed E-state index contributed by atoms with van der Waals surface area (Å²) in [7, 11) is 1.65. The number of hydrogen-bond donors (Lipinski definition) is 1. The van der Waals surface area contributed by atoms with Crippen LogP contribution in [0.2, 0.25) is 5.02 Å². The maximum atomic E-state index is 6.72. The summed E-state index contributed by atoms with van der Waals surface area (Å²) in [4.78, 5) is 0. The Morgan fingerprint density at radius 1 is 1.45 bits per heavy atom. The average molecular weight is 296 g/mol. The molecule has 2 N–H and O–H groups in total. The molecule has 20 heavy (non-hydrogen) atoms. The van der Waals surface area contributed by atoms with Crippen LogP contribution in [0.15, 0.2) is 18.2 Å². The molecular formula is C17H26ClNO. The van der Waals surface area contributed by atoms with Gasteiger partial charge in [-0.05, 0) is 48.8 Å². The van der Waals surface area contributed by atoms with Crippen molar-refractivity contribution in [2.45, 2.75) is 51.5 Å². The minimum atomic E-state index is -0.227. The molecule has 1 fully saturated rings. The molecule has 0 spiro atoms. The van der Waals surface area contributed by atoms with Crippen LogP contribution in [0, 0.1) is 11.8 Å². The zero-order valence-electron chi connectivity index (χ0n) is 12.8. The molecule has 2 nitrogen and oxygen atoms in total. The first-order valence-electron chi connectivity index (χ1n) is 7.57. The van der Waals surface area contributed by atoms with E-state index in [9.17, 15) is 0 Å². The van der Waals surface area contributed by atoms with Gasteiger partial charge in [0.1, 0.15) is 5.75 Å². The highest BCUT2D eigenvalue weighted by molar-refractivity contribution is 6.32. The van der Waals surface area contributed by atoms with Gasteiger partial charge in [-0.25, -0.2) is 0 Å². The monoisotopic (exact) mass is 295 g/mol. The summed E-state index contributed by atoms with van der Waals surface area (Å²) in [6.07, 6.45) is 5.90. The zero-order chi connectivity index (χ0) is 14.8. The minimum Gasteiger partial charge on any atom is -0.495 e. The lowest BCUT2D eigenvalue weighted by Gasteiger charge is -2.39. The molecule has 0 bridgehead atoms. The molecule has 3 heteroatoms. The predicted molar refractivity (Wildman–Crippen MR) is 85.3 cm³/mol. The van der Waals surface area contributed by atoms with Crippen molar-refractivity contribution in [2.24, 2.45) is 17.6 Å². The van der Waals surface area contributed by atoms with Crippen LogP contribution in [0.1, 0.15) is 51.5 Å². The molecule has 0 aliphatic heterocycles. The van der Waals surface area contributed by atoms with Crippen molar-refractivity contribution in [3.63, 3.8) is 0 Å². The Kier molecular flexibility index (Phi) is 4.98. The van der Waals surface area contributed by atoms with Crippen LogP contribution in [0.3, 0.4) is 0 Å². The van der Waals surface area contributed by atoms with Crippen molar-refractivity contribution < 1.29 is 4.74 Å². The number of halogens is 1. The van der Waals surface area contributed by atoms with Crippen molar-refractivity contribution in [3.05, 3.63) is 28.8 Å². The van der Waals surface area contributed by atoms with Gasteiger partial charge in [0, 0.05) is 5.54 Å². The molecule has 1 saturated carbocycles. The highest BCUT2D eigenvalue weighted by Crippen LogP contribution is 2.42. The number of nitrogens with two attached hydrogens (primary N) is 1. The fourth-order valence-electron chi connectivity index (χ4n) is 3.52. The standard InChI is InChI=1S/C17H26ClNO/c1-12(2)9-13-5-4-8-17(19,11-13)14-6-7-15(18)16(10-14)20-3/h6-7,10,12-13H,4-5,8-9,11,19H2,1-3H3. The van der Waals surface area contributed by atoms with Gasteiger partial charge in [-0.1, -0.05) is 44.4 Å². The van der Waals surface area contributed by atoms with Crippen LogP contribution in [-0.4, -0.2) is 7.11 Å². The second-order valence-corrected chi connectivity index (χ2v) is 7.00. The van der Waals surface area contributed by atoms with Gasteiger partial charge in [-0.15, -0.1) is 0 Å². The van der Waals surface area contributed by atoms with Crippen molar-refractivity contribution in [1.82, 2.24) is 0 Å². The third-order valence-corrected chi connectivity index (χ3v) is 4.73. The highest BCUT2D eigenvalue weighted by atomic mass is 35.5. The van der Waals surface area contributed by atoms with Gasteiger partial charge in [-0.3, -0.25) is 0 Å². The fraction of sp³-hybridized carbons (Fsp3) is 0.647. The van der Waals surface area contributed by atoms with Crippen molar-refractivity contribution in [1.29, 1.82) is 0 Å². The molecule has 0 amide bonds. The van der Waals surface area contributed by atoms with Crippen molar-refractivity contribution >= 4 is 11.6 Å². The van der Waals surface area contributed by atoms with E-state index >= 15 is 0 Å². The van der Waals surface area contributed by atoms with E-state index in [1.54, 1.807) is 7.11 Å². The average Bonchev–Trinajstić information content (AvgIpc) is 2.38. The lowest BCUT2D eigenvalue weighted by Crippen LogP contribution is -2.41. The first kappa shape index (κ1) is 15.7. The van der Waals surface area contributed by atoms with Gasteiger partial charge in [-0.2, -0.15) is 0 Å². The van der Waals surface area contributed by atoms with Gasteiger partial charge >= 0.3 is 0 Å². The molecule has 1 aliphatic carbocycles. The summed E-state index contributed by atoms with van der Waals surface area (Å²) >= 11 is 6.11. The van der Waals surface area contributed by atoms with E-state index in [4.69, 9.17) is 22.1 Å². The molecule has 2 atom stereocenters. The first-order valence-corrected chi connectivity index (χ1v) is 7.95. The predicted octanol–water partition coefficient (Wildman–Crippen LogP) is 4.74. The van der Waals surface area contributed by atoms with E-state index in [1.807, 2.05) is 12.1 Å². The van der Waals surface area contributed by atoms with E-state index in [2.05, 4.69) is 19.9 Å². The molecule has 2 rings (SSSR count). The maximum Gasteiger partial charge on any atom is 0.137 e. The van der Waals surface area contributed by atoms with E-state index in [-0.39, 0.29) is 5.54 Å². The summed E-state index contributed by atoms with van der Waals surface area (Å²) in [6.45, 7) is 4.58. The van der Waals surface area contributed by atoms with Gasteiger partial charge in [0.05, 0.1) is 12.1 Å². The summed E-state index contributed by atoms with van der Waals surface area (Å²) in [5.74, 6) is 2.19. The molecule has 112 valence electrons. The third kappa shape index (κ3) is 3.48. The van der Waals surface area contributed by atoms with Crippen molar-refractivity contribution in [2.75, 3.05) is 7.11 Å². The SMILES string of the molecule is COc1cc(C2(N)CCCC(CC(C)C)C2)ccc1Cl. The molecule has 1 aromatic carbocycles. The van der Waals surface area contributed by atoms with Crippen LogP contribution in [-0.2, 0) is 5.54 Å². The quantitative estimate of drug-likeness (QED) is 0.871. The van der Waals surface area contributed by atoms with Crippen LogP contribution in [0.25, 0.3) is 0 Å². The Morgan fingerprint density at radius 2 is 2.20 bits per heavy atom. The molecule has 0 aromatic heterocycles. The summed E-state index contributed by atoms with van der Waals surface area (Å²) in [6, 6.07) is 5.97. The highest BCUT2D eigenvalue weighted by Gasteiger charge is 2.34. The number of benzene rings is 1. The maximum absolute atomic E-state index is 6.72. The van der Waals surface area contributed by atoms with E-state index in [0.29, 0.717) is 5.02 Å². The van der Waals surface area contributed by atoms with Crippen LogP contribution >= 0.6 is 11.6 Å². The normalized spacial score (nSPS) is 26.8. The van der Waals surface area contributed by atoms with Gasteiger partial charge < -0.3 is 10.5 Å². The van der Waals surface area contributed by atoms with E-state index in [1.165, 1.54) is 19.3 Å². The van der Waals surface area contributed by atoms with E-state index in [0.717, 1.165) is 36.0 Å². The van der Waals surface area contributed by atoms with E-state index < -0.39 is 0 Å². The molecular weight excluding hydrogens is 270 g/mol. The second kappa shape index (κ2) is 6.36. The number of hydrogen-bond acceptors (Lipinski definition) is 2. The summed E-state index contributed by atoms with van der Waals surface area (Å²) in [5.41, 5.74) is 7.65. The van der Waals surface area contributed by atoms with Crippen LogP contribution in [0.4, 0.5) is 0 Å². The number of rotatable bonds is 4. The lowest BCUT2D eigenvalue weighted by molar-refractivity contribution is 0.202. The molecule has 0 saturated heterocycles. The topological polar surface area (TPSA) is 35.2 Å². The smallest absolute Gasteiger partial charge is 0.137 e. The minimum absolute atomic E-state index is 0.227. The van der Waals surface area contributed by atoms with Crippen LogP contribution < -0.4 is 10.5 Å². The lowest BCUT2D eigenvalue weighted by atomic mass is 9.70. The zero-order valence-corrected chi connectivity index (χ0v) is 13.5. The molecule has 0 heterocycles. The first-order chi connectivity index (χ1) is 9.44. The Hall–Kier alpha value is -0.730. The van der Waals surface area contributed by atoms with Gasteiger partial charge in [0.15, 0.2) is 0 Å².